The summed E-state index contributed by atoms with van der Waals surface area (Å²) in [6.45, 7) is 5.80. The molecule has 1 aliphatic heterocycles. The second-order valence-corrected chi connectivity index (χ2v) is 5.71. The van der Waals surface area contributed by atoms with E-state index in [2.05, 4.69) is 24.2 Å². The van der Waals surface area contributed by atoms with Crippen LogP contribution < -0.4 is 10.1 Å². The van der Waals surface area contributed by atoms with E-state index in [9.17, 15) is 0 Å². The molecule has 0 bridgehead atoms. The number of amidine groups is 1. The summed E-state index contributed by atoms with van der Waals surface area (Å²) in [5, 5.41) is 4.63. The van der Waals surface area contributed by atoms with Crippen LogP contribution in [0.25, 0.3) is 0 Å². The van der Waals surface area contributed by atoms with Gasteiger partial charge in [-0.3, -0.25) is 4.99 Å². The quantitative estimate of drug-likeness (QED) is 0.811. The molecule has 4 heteroatoms. The van der Waals surface area contributed by atoms with Crippen LogP contribution in [0.5, 0.6) is 5.75 Å². The van der Waals surface area contributed by atoms with Gasteiger partial charge in [-0.15, -0.1) is 0 Å². The summed E-state index contributed by atoms with van der Waals surface area (Å²) < 4.78 is 5.63. The van der Waals surface area contributed by atoms with E-state index < -0.39 is 0 Å². The van der Waals surface area contributed by atoms with E-state index >= 15 is 0 Å². The van der Waals surface area contributed by atoms with Gasteiger partial charge in [0.05, 0.1) is 6.54 Å². The van der Waals surface area contributed by atoms with Crippen LogP contribution in [0.2, 0.25) is 0 Å². The van der Waals surface area contributed by atoms with E-state index in [-0.39, 0.29) is 5.54 Å². The van der Waals surface area contributed by atoms with Gasteiger partial charge in [0.2, 0.25) is 0 Å². The normalized spacial score (nSPS) is 19.4. The molecule has 0 saturated carbocycles. The lowest BCUT2D eigenvalue weighted by Gasteiger charge is -2.25. The first-order valence-corrected chi connectivity index (χ1v) is 7.90. The lowest BCUT2D eigenvalue weighted by molar-refractivity contribution is 0.328. The lowest BCUT2D eigenvalue weighted by atomic mass is 9.96. The minimum atomic E-state index is 0.254. The molecule has 1 saturated heterocycles. The van der Waals surface area contributed by atoms with Gasteiger partial charge in [-0.1, -0.05) is 43.8 Å². The van der Waals surface area contributed by atoms with E-state index in [0.717, 1.165) is 29.5 Å². The maximum Gasteiger partial charge on any atom is 0.157 e. The van der Waals surface area contributed by atoms with Crippen molar-refractivity contribution in [2.45, 2.75) is 32.2 Å². The fourth-order valence-corrected chi connectivity index (χ4v) is 3.41. The van der Waals surface area contributed by atoms with E-state index in [1.54, 1.807) is 0 Å². The van der Waals surface area contributed by atoms with E-state index in [1.165, 1.54) is 0 Å². The first kappa shape index (κ1) is 14.3. The molecule has 3 nitrogen and oxygen atoms in total. The third kappa shape index (κ3) is 3.90. The topological polar surface area (TPSA) is 33.6 Å². The molecule has 19 heavy (non-hydrogen) atoms. The first-order chi connectivity index (χ1) is 9.28. The standard InChI is InChI=1S/C15H22N2OS/c1-3-15(4-2)12-19-14(17-15)16-10-11-18-13-8-6-5-7-9-13/h5-9H,3-4,10-12H2,1-2H3,(H,16,17). The Hall–Kier alpha value is -1.16. The highest BCUT2D eigenvalue weighted by atomic mass is 32.2. The zero-order chi connectivity index (χ0) is 13.6. The molecule has 1 fully saturated rings. The zero-order valence-corrected chi connectivity index (χ0v) is 12.5. The molecule has 1 N–H and O–H groups in total. The molecule has 0 aromatic heterocycles. The third-order valence-electron chi connectivity index (χ3n) is 3.57. The van der Waals surface area contributed by atoms with Crippen molar-refractivity contribution in [2.75, 3.05) is 18.9 Å². The Morgan fingerprint density at radius 1 is 1.26 bits per heavy atom. The highest BCUT2D eigenvalue weighted by molar-refractivity contribution is 8.14. The van der Waals surface area contributed by atoms with E-state index in [4.69, 9.17) is 4.74 Å². The number of rotatable bonds is 6. The summed E-state index contributed by atoms with van der Waals surface area (Å²) >= 11 is 1.83. The average Bonchev–Trinajstić information content (AvgIpc) is 2.89. The Kier molecular flexibility index (Phi) is 5.14. The summed E-state index contributed by atoms with van der Waals surface area (Å²) in [6.07, 6.45) is 2.30. The van der Waals surface area contributed by atoms with Gasteiger partial charge in [0.1, 0.15) is 12.4 Å². The van der Waals surface area contributed by atoms with Crippen LogP contribution in [-0.2, 0) is 0 Å². The van der Waals surface area contributed by atoms with Crippen molar-refractivity contribution < 1.29 is 4.74 Å². The zero-order valence-electron chi connectivity index (χ0n) is 11.7. The molecule has 1 aromatic carbocycles. The monoisotopic (exact) mass is 278 g/mol. The molecule has 0 aliphatic carbocycles. The van der Waals surface area contributed by atoms with Crippen LogP contribution in [0, 0.1) is 0 Å². The first-order valence-electron chi connectivity index (χ1n) is 6.91. The second kappa shape index (κ2) is 6.85. The second-order valence-electron chi connectivity index (χ2n) is 4.75. The number of hydrogen-bond donors (Lipinski definition) is 1. The van der Waals surface area contributed by atoms with Crippen LogP contribution in [0.4, 0.5) is 0 Å². The van der Waals surface area contributed by atoms with Crippen molar-refractivity contribution in [3.63, 3.8) is 0 Å². The fraction of sp³-hybridized carbons (Fsp3) is 0.533. The molecule has 0 spiro atoms. The molecular formula is C15H22N2OS. The summed E-state index contributed by atoms with van der Waals surface area (Å²) in [6, 6.07) is 9.88. The number of para-hydroxylation sites is 1. The molecule has 0 atom stereocenters. The van der Waals surface area contributed by atoms with E-state index in [0.29, 0.717) is 13.2 Å². The van der Waals surface area contributed by atoms with E-state index in [1.807, 2.05) is 42.1 Å². The van der Waals surface area contributed by atoms with Crippen molar-refractivity contribution in [1.29, 1.82) is 0 Å². The lowest BCUT2D eigenvalue weighted by Crippen LogP contribution is -2.42. The number of ether oxygens (including phenoxy) is 1. The van der Waals surface area contributed by atoms with Gasteiger partial charge in [-0.25, -0.2) is 0 Å². The van der Waals surface area contributed by atoms with Crippen LogP contribution in [-0.4, -0.2) is 29.6 Å². The van der Waals surface area contributed by atoms with Gasteiger partial charge < -0.3 is 10.1 Å². The number of nitrogens with one attached hydrogen (secondary N) is 1. The van der Waals surface area contributed by atoms with Gasteiger partial charge in [0, 0.05) is 11.3 Å². The number of thioether (sulfide) groups is 1. The molecule has 104 valence electrons. The SMILES string of the molecule is CCC1(CC)CSC(=NCCOc2ccccc2)N1. The predicted molar refractivity (Wildman–Crippen MR) is 83.1 cm³/mol. The largest absolute Gasteiger partial charge is 0.492 e. The molecule has 0 unspecified atom stereocenters. The number of benzene rings is 1. The molecule has 1 aromatic rings. The van der Waals surface area contributed by atoms with Gasteiger partial charge in [-0.2, -0.15) is 0 Å². The van der Waals surface area contributed by atoms with Crippen LogP contribution in [0.3, 0.4) is 0 Å². The number of aliphatic imine (C=N–C) groups is 1. The van der Waals surface area contributed by atoms with Crippen LogP contribution in [0.15, 0.2) is 35.3 Å². The minimum absolute atomic E-state index is 0.254. The van der Waals surface area contributed by atoms with Gasteiger partial charge in [-0.05, 0) is 25.0 Å². The van der Waals surface area contributed by atoms with Crippen molar-refractivity contribution in [1.82, 2.24) is 5.32 Å². The Bertz CT molecular complexity index is 415. The number of nitrogens with zero attached hydrogens (tertiary/aromatic N) is 1. The molecule has 0 amide bonds. The molecule has 0 radical (unpaired) electrons. The Morgan fingerprint density at radius 2 is 2.00 bits per heavy atom. The maximum atomic E-state index is 5.63. The summed E-state index contributed by atoms with van der Waals surface area (Å²) in [5.74, 6) is 2.03. The highest BCUT2D eigenvalue weighted by Crippen LogP contribution is 2.28. The van der Waals surface area contributed by atoms with Crippen molar-refractivity contribution in [3.05, 3.63) is 30.3 Å². The summed E-state index contributed by atoms with van der Waals surface area (Å²) in [5.41, 5.74) is 0.254. The Balaban J connectivity index is 1.75. The minimum Gasteiger partial charge on any atom is -0.492 e. The average molecular weight is 278 g/mol. The van der Waals surface area contributed by atoms with Crippen molar-refractivity contribution >= 4 is 16.9 Å². The van der Waals surface area contributed by atoms with Gasteiger partial charge in [0.25, 0.3) is 0 Å². The fourth-order valence-electron chi connectivity index (χ4n) is 2.05. The molecule has 1 aliphatic rings. The smallest absolute Gasteiger partial charge is 0.157 e. The van der Waals surface area contributed by atoms with Crippen molar-refractivity contribution in [3.8, 4) is 5.75 Å². The Morgan fingerprint density at radius 3 is 2.63 bits per heavy atom. The van der Waals surface area contributed by atoms with Crippen molar-refractivity contribution in [2.24, 2.45) is 4.99 Å². The highest BCUT2D eigenvalue weighted by Gasteiger charge is 2.33. The predicted octanol–water partition coefficient (Wildman–Crippen LogP) is 3.32. The van der Waals surface area contributed by atoms with Gasteiger partial charge in [0.15, 0.2) is 5.17 Å². The third-order valence-corrected chi connectivity index (χ3v) is 4.77. The number of hydrogen-bond acceptors (Lipinski definition) is 3. The Labute approximate surface area is 119 Å². The maximum absolute atomic E-state index is 5.63. The molecule has 1 heterocycles. The molecule has 2 rings (SSSR count). The summed E-state index contributed by atoms with van der Waals surface area (Å²) in [4.78, 5) is 4.57. The molecular weight excluding hydrogens is 256 g/mol. The van der Waals surface area contributed by atoms with Gasteiger partial charge >= 0.3 is 0 Å². The van der Waals surface area contributed by atoms with Crippen LogP contribution >= 0.6 is 11.8 Å². The summed E-state index contributed by atoms with van der Waals surface area (Å²) in [7, 11) is 0. The van der Waals surface area contributed by atoms with Crippen LogP contribution in [0.1, 0.15) is 26.7 Å².